The number of aliphatic imine (C=N–C) groups is 1. The fourth-order valence-corrected chi connectivity index (χ4v) is 6.31. The molecule has 1 saturated heterocycles. The molecule has 1 fully saturated rings. The van der Waals surface area contributed by atoms with Gasteiger partial charge in [0.2, 0.25) is 5.79 Å². The van der Waals surface area contributed by atoms with E-state index in [9.17, 15) is 14.7 Å². The molecular formula is C26H30N8O3S. The summed E-state index contributed by atoms with van der Waals surface area (Å²) in [5.74, 6) is -2.41. The molecule has 0 spiro atoms. The normalized spacial score (nSPS) is 24.9. The Hall–Kier alpha value is -3.90. The topological polar surface area (TPSA) is 145 Å². The predicted octanol–water partition coefficient (Wildman–Crippen LogP) is 3.22. The number of aromatic nitrogens is 3. The molecule has 0 saturated carbocycles. The number of hydrogen-bond donors (Lipinski definition) is 4. The SMILES string of the molecule is CCNC(=O)NC1(C2CNCCC2(CC)C(=O)O)N=CC=CN1c1cc(-c2ncccn2)c2scnc2c1. The highest BCUT2D eigenvalue weighted by atomic mass is 32.1. The van der Waals surface area contributed by atoms with Gasteiger partial charge in [-0.15, -0.1) is 11.3 Å². The van der Waals surface area contributed by atoms with Gasteiger partial charge in [-0.25, -0.2) is 24.7 Å². The maximum atomic E-state index is 13.1. The molecule has 3 unspecified atom stereocenters. The molecule has 0 bridgehead atoms. The number of carbonyl (C=O) groups is 2. The highest BCUT2D eigenvalue weighted by Crippen LogP contribution is 2.48. The molecule has 2 aliphatic heterocycles. The van der Waals surface area contributed by atoms with E-state index in [4.69, 9.17) is 4.99 Å². The summed E-state index contributed by atoms with van der Waals surface area (Å²) in [5, 5.41) is 19.7. The van der Waals surface area contributed by atoms with Gasteiger partial charge in [0.15, 0.2) is 5.82 Å². The van der Waals surface area contributed by atoms with Crippen molar-refractivity contribution in [2.75, 3.05) is 24.5 Å². The lowest BCUT2D eigenvalue weighted by atomic mass is 9.65. The standard InChI is InChI=1S/C26H30N8O3S/c1-3-25(23(35)36)7-11-27-15-20(25)26(33-24(37)28-4-2)32-10-6-12-34(26)17-13-18(22-29-8-5-9-30-22)21-19(14-17)31-16-38-21/h5-6,8-10,12-14,16,20,27H,3-4,7,11,15H2,1-2H3,(H,35,36)(H2,28,33,37). The van der Waals surface area contributed by atoms with Crippen LogP contribution in [0, 0.1) is 11.3 Å². The van der Waals surface area contributed by atoms with E-state index in [1.807, 2.05) is 37.1 Å². The van der Waals surface area contributed by atoms with E-state index in [0.717, 1.165) is 15.8 Å². The number of amides is 2. The van der Waals surface area contributed by atoms with E-state index in [-0.39, 0.29) is 0 Å². The molecule has 3 aromatic rings. The first-order chi connectivity index (χ1) is 18.4. The Balaban J connectivity index is 1.72. The number of benzene rings is 1. The molecular weight excluding hydrogens is 504 g/mol. The highest BCUT2D eigenvalue weighted by Gasteiger charge is 2.59. The number of nitrogens with one attached hydrogen (secondary N) is 3. The van der Waals surface area contributed by atoms with Crippen molar-refractivity contribution in [1.82, 2.24) is 30.9 Å². The summed E-state index contributed by atoms with van der Waals surface area (Å²) in [6, 6.07) is 5.18. The van der Waals surface area contributed by atoms with Gasteiger partial charge >= 0.3 is 12.0 Å². The van der Waals surface area contributed by atoms with Crippen LogP contribution in [-0.2, 0) is 4.79 Å². The number of nitrogens with zero attached hydrogens (tertiary/aromatic N) is 5. The van der Waals surface area contributed by atoms with Gasteiger partial charge in [0, 0.05) is 49.1 Å². The van der Waals surface area contributed by atoms with Gasteiger partial charge in [0.25, 0.3) is 0 Å². The molecule has 2 aromatic heterocycles. The Morgan fingerprint density at radius 2 is 2.05 bits per heavy atom. The third-order valence-electron chi connectivity index (χ3n) is 7.40. The number of urea groups is 1. The van der Waals surface area contributed by atoms with Crippen LogP contribution in [-0.4, -0.2) is 63.7 Å². The number of aliphatic carboxylic acids is 1. The summed E-state index contributed by atoms with van der Waals surface area (Å²) < 4.78 is 0.930. The number of anilines is 1. The Kier molecular flexibility index (Phi) is 7.09. The molecule has 3 atom stereocenters. The molecule has 12 heteroatoms. The minimum Gasteiger partial charge on any atom is -0.481 e. The second-order valence-electron chi connectivity index (χ2n) is 9.29. The molecule has 4 heterocycles. The number of carboxylic acid groups (broad SMARTS) is 1. The zero-order valence-corrected chi connectivity index (χ0v) is 22.0. The van der Waals surface area contributed by atoms with Crippen molar-refractivity contribution in [2.45, 2.75) is 32.5 Å². The van der Waals surface area contributed by atoms with Crippen LogP contribution in [0.3, 0.4) is 0 Å². The number of hydrogen-bond acceptors (Lipinski definition) is 9. The number of fused-ring (bicyclic) bond motifs is 1. The first kappa shape index (κ1) is 25.7. The van der Waals surface area contributed by atoms with Crippen LogP contribution in [0.15, 0.2) is 53.4 Å². The number of allylic oxidation sites excluding steroid dienone is 1. The second-order valence-corrected chi connectivity index (χ2v) is 10.1. The van der Waals surface area contributed by atoms with E-state index >= 15 is 0 Å². The summed E-state index contributed by atoms with van der Waals surface area (Å²) in [4.78, 5) is 46.1. The average Bonchev–Trinajstić information content (AvgIpc) is 3.42. The maximum absolute atomic E-state index is 13.1. The van der Waals surface area contributed by atoms with Crippen molar-refractivity contribution in [3.63, 3.8) is 0 Å². The Morgan fingerprint density at radius 3 is 2.79 bits per heavy atom. The van der Waals surface area contributed by atoms with Crippen LogP contribution in [0.1, 0.15) is 26.7 Å². The third kappa shape index (κ3) is 4.29. The van der Waals surface area contributed by atoms with Gasteiger partial charge in [0.05, 0.1) is 27.1 Å². The van der Waals surface area contributed by atoms with E-state index in [0.29, 0.717) is 44.0 Å². The first-order valence-electron chi connectivity index (χ1n) is 12.6. The van der Waals surface area contributed by atoms with Gasteiger partial charge in [-0.05, 0) is 50.6 Å². The minimum atomic E-state index is -1.44. The van der Waals surface area contributed by atoms with Crippen LogP contribution >= 0.6 is 11.3 Å². The first-order valence-corrected chi connectivity index (χ1v) is 13.5. The van der Waals surface area contributed by atoms with Crippen molar-refractivity contribution < 1.29 is 14.7 Å². The monoisotopic (exact) mass is 534 g/mol. The lowest BCUT2D eigenvalue weighted by Crippen LogP contribution is -2.71. The van der Waals surface area contributed by atoms with Crippen LogP contribution in [0.25, 0.3) is 21.6 Å². The van der Waals surface area contributed by atoms with Gasteiger partial charge in [-0.1, -0.05) is 6.92 Å². The molecule has 38 heavy (non-hydrogen) atoms. The summed E-state index contributed by atoms with van der Waals surface area (Å²) in [6.45, 7) is 5.02. The number of rotatable bonds is 7. The summed E-state index contributed by atoms with van der Waals surface area (Å²) in [5.41, 5.74) is 2.85. The molecule has 198 valence electrons. The predicted molar refractivity (Wildman–Crippen MR) is 147 cm³/mol. The molecule has 2 amide bonds. The Bertz CT molecular complexity index is 1390. The molecule has 5 rings (SSSR count). The molecule has 0 aliphatic carbocycles. The number of carbonyl (C=O) groups excluding carboxylic acids is 1. The van der Waals surface area contributed by atoms with E-state index in [1.54, 1.807) is 36.3 Å². The third-order valence-corrected chi connectivity index (χ3v) is 8.28. The number of carboxylic acids is 1. The zero-order chi connectivity index (χ0) is 26.8. The Labute approximate surface area is 224 Å². The van der Waals surface area contributed by atoms with Crippen LogP contribution in [0.2, 0.25) is 0 Å². The largest absolute Gasteiger partial charge is 0.481 e. The smallest absolute Gasteiger partial charge is 0.318 e. The van der Waals surface area contributed by atoms with Crippen molar-refractivity contribution in [3.05, 3.63) is 48.4 Å². The maximum Gasteiger partial charge on any atom is 0.318 e. The summed E-state index contributed by atoms with van der Waals surface area (Å²) in [7, 11) is 0. The molecule has 4 N–H and O–H groups in total. The number of piperidine rings is 1. The van der Waals surface area contributed by atoms with Crippen molar-refractivity contribution in [3.8, 4) is 11.4 Å². The van der Waals surface area contributed by atoms with Crippen molar-refractivity contribution >= 4 is 45.5 Å². The highest BCUT2D eigenvalue weighted by molar-refractivity contribution is 7.17. The summed E-state index contributed by atoms with van der Waals surface area (Å²) >= 11 is 1.49. The average molecular weight is 535 g/mol. The van der Waals surface area contributed by atoms with Crippen molar-refractivity contribution in [1.29, 1.82) is 0 Å². The van der Waals surface area contributed by atoms with Crippen LogP contribution < -0.4 is 20.9 Å². The lowest BCUT2D eigenvalue weighted by molar-refractivity contribution is -0.158. The van der Waals surface area contributed by atoms with Crippen LogP contribution in [0.5, 0.6) is 0 Å². The van der Waals surface area contributed by atoms with Gasteiger partial charge in [0.1, 0.15) is 0 Å². The quantitative estimate of drug-likeness (QED) is 0.362. The number of thiazole rings is 1. The second kappa shape index (κ2) is 10.5. The zero-order valence-electron chi connectivity index (χ0n) is 21.2. The van der Waals surface area contributed by atoms with E-state index < -0.39 is 29.1 Å². The Morgan fingerprint density at radius 1 is 1.24 bits per heavy atom. The van der Waals surface area contributed by atoms with E-state index in [1.165, 1.54) is 11.3 Å². The van der Waals surface area contributed by atoms with Gasteiger partial charge in [-0.3, -0.25) is 10.1 Å². The molecule has 2 aliphatic rings. The van der Waals surface area contributed by atoms with E-state index in [2.05, 4.69) is 30.9 Å². The minimum absolute atomic E-state index is 0.349. The molecule has 0 radical (unpaired) electrons. The fraction of sp³-hybridized carbons (Fsp3) is 0.385. The van der Waals surface area contributed by atoms with Gasteiger partial charge in [-0.2, -0.15) is 0 Å². The van der Waals surface area contributed by atoms with Crippen LogP contribution in [0.4, 0.5) is 10.5 Å². The van der Waals surface area contributed by atoms with Crippen molar-refractivity contribution in [2.24, 2.45) is 16.3 Å². The molecule has 1 aromatic carbocycles. The lowest BCUT2D eigenvalue weighted by Gasteiger charge is -2.53. The fourth-order valence-electron chi connectivity index (χ4n) is 5.53. The molecule has 11 nitrogen and oxygen atoms in total. The summed E-state index contributed by atoms with van der Waals surface area (Å²) in [6.07, 6.45) is 9.36. The van der Waals surface area contributed by atoms with Gasteiger partial charge < -0.3 is 20.6 Å².